The highest BCUT2D eigenvalue weighted by atomic mass is 32.2. The molecule has 2 N–H and O–H groups in total. The lowest BCUT2D eigenvalue weighted by atomic mass is 9.98. The molecule has 0 bridgehead atoms. The molecule has 2 heterocycles. The lowest BCUT2D eigenvalue weighted by Gasteiger charge is -2.17. The molecule has 6 heteroatoms. The molecular weight excluding hydrogens is 250 g/mol. The maximum Gasteiger partial charge on any atom is 0.150 e. The van der Waals surface area contributed by atoms with Gasteiger partial charge in [0.25, 0.3) is 0 Å². The van der Waals surface area contributed by atoms with Gasteiger partial charge in [-0.15, -0.1) is 0 Å². The first-order valence-corrected chi connectivity index (χ1v) is 8.31. The predicted octanol–water partition coefficient (Wildman–Crippen LogP) is 1.12. The Bertz CT molecular complexity index is 495. The third kappa shape index (κ3) is 3.11. The van der Waals surface area contributed by atoms with Crippen LogP contribution in [0.25, 0.3) is 0 Å². The number of aromatic nitrogens is 2. The monoisotopic (exact) mass is 271 g/mol. The number of sulfone groups is 1. The molecule has 1 aliphatic rings. The molecule has 0 radical (unpaired) electrons. The summed E-state index contributed by atoms with van der Waals surface area (Å²) in [7, 11) is -2.81. The van der Waals surface area contributed by atoms with Crippen molar-refractivity contribution >= 4 is 9.84 Å². The van der Waals surface area contributed by atoms with Crippen LogP contribution in [0.3, 0.4) is 0 Å². The fourth-order valence-corrected chi connectivity index (χ4v) is 4.47. The number of aryl methyl sites for hydroxylation is 1. The zero-order valence-electron chi connectivity index (χ0n) is 10.7. The maximum atomic E-state index is 11.4. The van der Waals surface area contributed by atoms with Crippen LogP contribution < -0.4 is 5.73 Å². The van der Waals surface area contributed by atoms with Crippen LogP contribution >= 0.6 is 0 Å². The fraction of sp³-hybridized carbons (Fsp3) is 0.750. The molecule has 1 saturated heterocycles. The summed E-state index contributed by atoms with van der Waals surface area (Å²) < 4.78 is 24.8. The van der Waals surface area contributed by atoms with Crippen molar-refractivity contribution in [3.05, 3.63) is 18.0 Å². The summed E-state index contributed by atoms with van der Waals surface area (Å²) in [5.41, 5.74) is 7.20. The van der Waals surface area contributed by atoms with Gasteiger partial charge in [-0.2, -0.15) is 5.10 Å². The predicted molar refractivity (Wildman–Crippen MR) is 70.8 cm³/mol. The summed E-state index contributed by atoms with van der Waals surface area (Å²) in [6, 6.07) is 1.82. The second-order valence-electron chi connectivity index (χ2n) is 5.09. The Morgan fingerprint density at radius 1 is 1.61 bits per heavy atom. The lowest BCUT2D eigenvalue weighted by molar-refractivity contribution is 0.449. The lowest BCUT2D eigenvalue weighted by Crippen LogP contribution is -2.20. The van der Waals surface area contributed by atoms with E-state index in [-0.39, 0.29) is 12.0 Å². The van der Waals surface area contributed by atoms with Crippen LogP contribution in [0, 0.1) is 5.92 Å². The normalized spacial score (nSPS) is 24.2. The largest absolute Gasteiger partial charge is 0.323 e. The highest BCUT2D eigenvalue weighted by Crippen LogP contribution is 2.27. The van der Waals surface area contributed by atoms with Gasteiger partial charge in [0.15, 0.2) is 9.84 Å². The smallest absolute Gasteiger partial charge is 0.150 e. The zero-order valence-corrected chi connectivity index (χ0v) is 11.6. The molecule has 0 aromatic carbocycles. The van der Waals surface area contributed by atoms with Crippen molar-refractivity contribution in [1.29, 1.82) is 0 Å². The third-order valence-corrected chi connectivity index (χ3v) is 5.32. The van der Waals surface area contributed by atoms with Gasteiger partial charge in [-0.3, -0.25) is 4.68 Å². The Hall–Kier alpha value is -0.880. The van der Waals surface area contributed by atoms with Gasteiger partial charge in [-0.05, 0) is 31.2 Å². The van der Waals surface area contributed by atoms with Crippen LogP contribution in [-0.2, 0) is 16.4 Å². The highest BCUT2D eigenvalue weighted by Gasteiger charge is 2.29. The minimum absolute atomic E-state index is 0.114. The topological polar surface area (TPSA) is 78.0 Å². The molecule has 1 aliphatic heterocycles. The molecule has 0 amide bonds. The van der Waals surface area contributed by atoms with Gasteiger partial charge < -0.3 is 5.73 Å². The molecule has 2 atom stereocenters. The van der Waals surface area contributed by atoms with Gasteiger partial charge >= 0.3 is 0 Å². The molecule has 102 valence electrons. The third-order valence-electron chi connectivity index (χ3n) is 3.48. The molecule has 2 rings (SSSR count). The minimum atomic E-state index is -2.81. The molecule has 5 nitrogen and oxygen atoms in total. The summed E-state index contributed by atoms with van der Waals surface area (Å²) in [5, 5.41) is 4.25. The average molecular weight is 271 g/mol. The van der Waals surface area contributed by atoms with Crippen molar-refractivity contribution in [3.63, 3.8) is 0 Å². The molecule has 1 aromatic rings. The molecule has 2 unspecified atom stereocenters. The van der Waals surface area contributed by atoms with Crippen molar-refractivity contribution < 1.29 is 8.42 Å². The van der Waals surface area contributed by atoms with Gasteiger partial charge in [0.1, 0.15) is 0 Å². The first-order valence-electron chi connectivity index (χ1n) is 6.49. The van der Waals surface area contributed by atoms with Crippen molar-refractivity contribution in [2.75, 3.05) is 11.5 Å². The molecule has 1 aromatic heterocycles. The van der Waals surface area contributed by atoms with E-state index in [0.717, 1.165) is 31.5 Å². The van der Waals surface area contributed by atoms with Crippen LogP contribution in [0.2, 0.25) is 0 Å². The number of nitrogens with two attached hydrogens (primary N) is 1. The van der Waals surface area contributed by atoms with E-state index in [1.807, 2.05) is 10.7 Å². The Morgan fingerprint density at radius 2 is 2.39 bits per heavy atom. The van der Waals surface area contributed by atoms with Gasteiger partial charge in [0, 0.05) is 18.8 Å². The van der Waals surface area contributed by atoms with E-state index in [9.17, 15) is 8.42 Å². The van der Waals surface area contributed by atoms with Gasteiger partial charge in [-0.1, -0.05) is 6.92 Å². The number of hydrogen-bond acceptors (Lipinski definition) is 4. The van der Waals surface area contributed by atoms with Crippen LogP contribution in [0.5, 0.6) is 0 Å². The first-order chi connectivity index (χ1) is 8.52. The fourth-order valence-electron chi connectivity index (χ4n) is 2.59. The summed E-state index contributed by atoms with van der Waals surface area (Å²) in [6.07, 6.45) is 4.25. The molecular formula is C12H21N3O2S. The van der Waals surface area contributed by atoms with E-state index in [2.05, 4.69) is 12.0 Å². The van der Waals surface area contributed by atoms with Gasteiger partial charge in [0.2, 0.25) is 0 Å². The summed E-state index contributed by atoms with van der Waals surface area (Å²) in [6.45, 7) is 2.96. The molecule has 0 aliphatic carbocycles. The Morgan fingerprint density at radius 3 is 3.00 bits per heavy atom. The highest BCUT2D eigenvalue weighted by molar-refractivity contribution is 7.91. The molecule has 0 spiro atoms. The summed E-state index contributed by atoms with van der Waals surface area (Å²) in [4.78, 5) is 0. The quantitative estimate of drug-likeness (QED) is 0.870. The van der Waals surface area contributed by atoms with Crippen LogP contribution in [0.15, 0.2) is 12.3 Å². The van der Waals surface area contributed by atoms with Crippen LogP contribution in [0.4, 0.5) is 0 Å². The second kappa shape index (κ2) is 5.40. The van der Waals surface area contributed by atoms with E-state index >= 15 is 0 Å². The Kier molecular flexibility index (Phi) is 4.07. The van der Waals surface area contributed by atoms with Crippen molar-refractivity contribution in [2.24, 2.45) is 11.7 Å². The molecule has 0 saturated carbocycles. The van der Waals surface area contributed by atoms with E-state index in [1.54, 1.807) is 6.20 Å². The molecule has 1 fully saturated rings. The molecule has 18 heavy (non-hydrogen) atoms. The zero-order chi connectivity index (χ0) is 13.2. The van der Waals surface area contributed by atoms with E-state index in [0.29, 0.717) is 11.5 Å². The summed E-state index contributed by atoms with van der Waals surface area (Å²) in [5.74, 6) is 0.816. The maximum absolute atomic E-state index is 11.4. The summed E-state index contributed by atoms with van der Waals surface area (Å²) >= 11 is 0. The second-order valence-corrected chi connectivity index (χ2v) is 7.32. The Labute approximate surface area is 108 Å². The van der Waals surface area contributed by atoms with E-state index in [1.165, 1.54) is 0 Å². The van der Waals surface area contributed by atoms with Crippen LogP contribution in [-0.4, -0.2) is 29.7 Å². The van der Waals surface area contributed by atoms with Gasteiger partial charge in [0.05, 0.1) is 17.2 Å². The number of hydrogen-bond donors (Lipinski definition) is 1. The van der Waals surface area contributed by atoms with E-state index in [4.69, 9.17) is 5.73 Å². The minimum Gasteiger partial charge on any atom is -0.323 e. The Balaban J connectivity index is 1.99. The van der Waals surface area contributed by atoms with Crippen molar-refractivity contribution in [3.8, 4) is 0 Å². The number of rotatable bonds is 5. The standard InChI is InChI=1S/C12H21N3O2S/c1-2-6-15-12(3-5-14-15)11(13)8-10-4-7-18(16,17)9-10/h3,5,10-11H,2,4,6-9,13H2,1H3. The average Bonchev–Trinajstić information content (AvgIpc) is 2.86. The first kappa shape index (κ1) is 13.5. The van der Waals surface area contributed by atoms with Crippen molar-refractivity contribution in [1.82, 2.24) is 9.78 Å². The number of nitrogens with zero attached hydrogens (tertiary/aromatic N) is 2. The SMILES string of the molecule is CCCn1nccc1C(N)CC1CCS(=O)(=O)C1. The van der Waals surface area contributed by atoms with Gasteiger partial charge in [-0.25, -0.2) is 8.42 Å². The van der Waals surface area contributed by atoms with E-state index < -0.39 is 9.84 Å². The van der Waals surface area contributed by atoms with Crippen molar-refractivity contribution in [2.45, 2.75) is 38.8 Å². The van der Waals surface area contributed by atoms with Crippen LogP contribution in [0.1, 0.15) is 37.9 Å².